The Hall–Kier alpha value is -1.84. The number of ether oxygens (including phenoxy) is 6. The van der Waals surface area contributed by atoms with Crippen molar-refractivity contribution in [3.8, 4) is 0 Å². The molecule has 17 nitrogen and oxygen atoms in total. The van der Waals surface area contributed by atoms with E-state index in [0.717, 1.165) is 44.9 Å². The molecule has 3 saturated heterocycles. The summed E-state index contributed by atoms with van der Waals surface area (Å²) >= 11 is 0. The number of aliphatic hydroxyl groups is 7. The average molecular weight is 911 g/mol. The monoisotopic (exact) mass is 910 g/mol. The van der Waals surface area contributed by atoms with Crippen molar-refractivity contribution in [2.45, 2.75) is 212 Å². The van der Waals surface area contributed by atoms with E-state index in [9.17, 15) is 55.5 Å². The lowest BCUT2D eigenvalue weighted by Gasteiger charge is -2.71. The highest BCUT2D eigenvalue weighted by Gasteiger charge is 2.70. The second-order valence-electron chi connectivity index (χ2n) is 23.0. The second kappa shape index (κ2) is 16.7. The fraction of sp³-hybridized carbons (Fsp3) is 0.915. The molecular formula is C47H74O17. The van der Waals surface area contributed by atoms with Crippen molar-refractivity contribution < 1.29 is 84.0 Å². The molecule has 0 bridgehead atoms. The van der Waals surface area contributed by atoms with Crippen LogP contribution in [0.15, 0.2) is 11.6 Å². The summed E-state index contributed by atoms with van der Waals surface area (Å²) in [5, 5.41) is 96.4. The molecule has 4 saturated carbocycles. The highest BCUT2D eigenvalue weighted by atomic mass is 16.8. The molecule has 5 aliphatic carbocycles. The molecule has 0 aromatic rings. The van der Waals surface area contributed by atoms with Gasteiger partial charge in [0.15, 0.2) is 25.0 Å². The van der Waals surface area contributed by atoms with Crippen LogP contribution in [0.4, 0.5) is 0 Å². The molecule has 0 aromatic heterocycles. The van der Waals surface area contributed by atoms with E-state index in [4.69, 9.17) is 28.4 Å². The van der Waals surface area contributed by atoms with Crippen molar-refractivity contribution in [3.63, 3.8) is 0 Å². The molecule has 3 aliphatic heterocycles. The first kappa shape index (κ1) is 48.6. The van der Waals surface area contributed by atoms with E-state index in [0.29, 0.717) is 25.2 Å². The molecule has 64 heavy (non-hydrogen) atoms. The molecular weight excluding hydrogens is 837 g/mol. The molecule has 9 N–H and O–H groups in total. The van der Waals surface area contributed by atoms with Crippen LogP contribution in [-0.4, -0.2) is 157 Å². The van der Waals surface area contributed by atoms with E-state index in [1.165, 1.54) is 12.5 Å². The van der Waals surface area contributed by atoms with Crippen LogP contribution in [0.25, 0.3) is 0 Å². The zero-order valence-corrected chi connectivity index (χ0v) is 38.5. The van der Waals surface area contributed by atoms with Crippen LogP contribution in [0.3, 0.4) is 0 Å². The highest BCUT2D eigenvalue weighted by Crippen LogP contribution is 2.76. The van der Waals surface area contributed by atoms with Crippen molar-refractivity contribution in [2.75, 3.05) is 6.61 Å². The standard InChI is InChI=1S/C47H74O17/c1-21-28(49)30(51)35(63-38-32(53)29(50)24(20-48)60-38)40(59-21)62-34-31(52)33(54)39(64-36(34)37(55)56)61-27-12-13-44(6)25(43(27,4)5)11-14-46(8)26(44)10-9-22-23-19-42(2,3)15-17-47(23,41(57)58)18-16-45(22,46)7/h9,21,23-36,38-40,48-54H,10-20H2,1-8H3,(H,55,56)(H,57,58). The Bertz CT molecular complexity index is 1810. The predicted molar refractivity (Wildman–Crippen MR) is 224 cm³/mol. The number of hydrogen-bond acceptors (Lipinski definition) is 15. The fourth-order valence-electron chi connectivity index (χ4n) is 14.9. The maximum Gasteiger partial charge on any atom is 0.335 e. The summed E-state index contributed by atoms with van der Waals surface area (Å²) in [5.74, 6) is -1.70. The maximum atomic E-state index is 13.1. The number of aliphatic carboxylic acids is 2. The van der Waals surface area contributed by atoms with Crippen molar-refractivity contribution in [1.82, 2.24) is 0 Å². The van der Waals surface area contributed by atoms with E-state index >= 15 is 0 Å². The Morgan fingerprint density at radius 3 is 1.95 bits per heavy atom. The Labute approximate surface area is 375 Å². The summed E-state index contributed by atoms with van der Waals surface area (Å²) in [6.45, 7) is 16.9. The maximum absolute atomic E-state index is 13.1. The van der Waals surface area contributed by atoms with Gasteiger partial charge in [-0.1, -0.05) is 60.1 Å². The zero-order valence-electron chi connectivity index (χ0n) is 38.5. The van der Waals surface area contributed by atoms with Gasteiger partial charge in [0.1, 0.15) is 54.9 Å². The summed E-state index contributed by atoms with van der Waals surface area (Å²) in [6, 6.07) is 0. The third kappa shape index (κ3) is 7.36. The number of carboxylic acids is 2. The number of allylic oxidation sites excluding steroid dienone is 2. The van der Waals surface area contributed by atoms with E-state index in [-0.39, 0.29) is 33.5 Å². The van der Waals surface area contributed by atoms with Crippen LogP contribution in [0.2, 0.25) is 0 Å². The molecule has 22 unspecified atom stereocenters. The molecule has 0 amide bonds. The van der Waals surface area contributed by atoms with Crippen molar-refractivity contribution >= 4 is 11.9 Å². The van der Waals surface area contributed by atoms with Gasteiger partial charge in [-0.2, -0.15) is 0 Å². The summed E-state index contributed by atoms with van der Waals surface area (Å²) in [7, 11) is 0. The van der Waals surface area contributed by atoms with Gasteiger partial charge < -0.3 is 74.4 Å². The third-order valence-corrected chi connectivity index (χ3v) is 19.0. The quantitative estimate of drug-likeness (QED) is 0.119. The number of carbonyl (C=O) groups is 2. The van der Waals surface area contributed by atoms with Gasteiger partial charge in [-0.05, 0) is 116 Å². The first-order chi connectivity index (χ1) is 29.8. The van der Waals surface area contributed by atoms with E-state index in [2.05, 4.69) is 54.5 Å². The molecule has 3 heterocycles. The molecule has 7 fully saturated rings. The summed E-state index contributed by atoms with van der Waals surface area (Å²) in [5.41, 5.74) is -0.110. The van der Waals surface area contributed by atoms with Gasteiger partial charge in [0, 0.05) is 0 Å². The van der Waals surface area contributed by atoms with Gasteiger partial charge in [-0.25, -0.2) is 4.79 Å². The molecule has 8 rings (SSSR count). The largest absolute Gasteiger partial charge is 0.481 e. The SMILES string of the molecule is CC1OC(OC2C(C(=O)O)OC(OC3CCC4(C)C(CCC5(C)C4CC=C4C6CC(C)(C)CCC6(C(=O)O)CCC45C)C3(C)C)C(O)C2O)C(OC2OC(CO)C(O)C2O)C(O)C1O. The average Bonchev–Trinajstić information content (AvgIpc) is 3.49. The molecule has 0 radical (unpaired) electrons. The minimum absolute atomic E-state index is 0.0114. The lowest BCUT2D eigenvalue weighted by molar-refractivity contribution is -0.373. The molecule has 364 valence electrons. The van der Waals surface area contributed by atoms with Gasteiger partial charge in [0.2, 0.25) is 0 Å². The second-order valence-corrected chi connectivity index (χ2v) is 23.0. The topological polar surface area (TPSA) is 272 Å². The van der Waals surface area contributed by atoms with E-state index < -0.39 is 121 Å². The number of hydrogen-bond donors (Lipinski definition) is 9. The smallest absolute Gasteiger partial charge is 0.335 e. The predicted octanol–water partition coefficient (Wildman–Crippen LogP) is 2.47. The van der Waals surface area contributed by atoms with E-state index in [1.54, 1.807) is 0 Å². The molecule has 0 spiro atoms. The summed E-state index contributed by atoms with van der Waals surface area (Å²) < 4.78 is 35.4. The fourth-order valence-corrected chi connectivity index (χ4v) is 14.9. The minimum Gasteiger partial charge on any atom is -0.481 e. The zero-order chi connectivity index (χ0) is 46.9. The Balaban J connectivity index is 0.991. The molecule has 22 atom stereocenters. The highest BCUT2D eigenvalue weighted by molar-refractivity contribution is 5.76. The minimum atomic E-state index is -1.92. The first-order valence-electron chi connectivity index (χ1n) is 23.6. The van der Waals surface area contributed by atoms with Crippen LogP contribution in [-0.2, 0) is 38.0 Å². The van der Waals surface area contributed by atoms with Gasteiger partial charge >= 0.3 is 11.9 Å². The number of fused-ring (bicyclic) bond motifs is 7. The molecule has 0 aromatic carbocycles. The van der Waals surface area contributed by atoms with Crippen LogP contribution in [0.1, 0.15) is 120 Å². The number of rotatable bonds is 9. The van der Waals surface area contributed by atoms with Gasteiger partial charge in [0.05, 0.1) is 24.2 Å². The van der Waals surface area contributed by atoms with Crippen LogP contribution in [0.5, 0.6) is 0 Å². The van der Waals surface area contributed by atoms with Gasteiger partial charge in [0.25, 0.3) is 0 Å². The lowest BCUT2D eigenvalue weighted by atomic mass is 9.33. The summed E-state index contributed by atoms with van der Waals surface area (Å²) in [6.07, 6.45) is -12.8. The third-order valence-electron chi connectivity index (χ3n) is 19.0. The molecule has 8 aliphatic rings. The van der Waals surface area contributed by atoms with Crippen molar-refractivity contribution in [1.29, 1.82) is 0 Å². The number of carboxylic acid groups (broad SMARTS) is 2. The number of aliphatic hydroxyl groups excluding tert-OH is 7. The van der Waals surface area contributed by atoms with Crippen molar-refractivity contribution in [3.05, 3.63) is 11.6 Å². The summed E-state index contributed by atoms with van der Waals surface area (Å²) in [4.78, 5) is 25.9. The van der Waals surface area contributed by atoms with Gasteiger partial charge in [-0.15, -0.1) is 0 Å². The Morgan fingerprint density at radius 2 is 1.31 bits per heavy atom. The van der Waals surface area contributed by atoms with E-state index in [1.807, 2.05) is 0 Å². The van der Waals surface area contributed by atoms with Crippen LogP contribution >= 0.6 is 0 Å². The first-order valence-corrected chi connectivity index (χ1v) is 23.6. The van der Waals surface area contributed by atoms with Crippen LogP contribution < -0.4 is 0 Å². The van der Waals surface area contributed by atoms with Gasteiger partial charge in [-0.3, -0.25) is 4.79 Å². The van der Waals surface area contributed by atoms with Crippen LogP contribution in [0, 0.1) is 50.2 Å². The van der Waals surface area contributed by atoms with Crippen molar-refractivity contribution in [2.24, 2.45) is 50.2 Å². The lowest BCUT2D eigenvalue weighted by Crippen LogP contribution is -2.67. The molecule has 17 heteroatoms. The normalized spacial score (nSPS) is 53.2. The Kier molecular flexibility index (Phi) is 12.7. The Morgan fingerprint density at radius 1 is 0.688 bits per heavy atom.